The van der Waals surface area contributed by atoms with E-state index in [1.165, 1.54) is 6.92 Å². The number of fused-ring (bicyclic) bond motifs is 1. The number of aliphatic carboxylic acids is 1. The summed E-state index contributed by atoms with van der Waals surface area (Å²) < 4.78 is 0. The van der Waals surface area contributed by atoms with Gasteiger partial charge in [-0.05, 0) is 12.1 Å². The molecular formula is C19H21N5O3. The molecule has 2 saturated heterocycles. The lowest BCUT2D eigenvalue weighted by Gasteiger charge is -2.25. The van der Waals surface area contributed by atoms with Crippen LogP contribution in [-0.4, -0.2) is 67.9 Å². The van der Waals surface area contributed by atoms with Gasteiger partial charge < -0.3 is 10.0 Å². The minimum atomic E-state index is -0.875. The van der Waals surface area contributed by atoms with Gasteiger partial charge in [0.2, 0.25) is 5.91 Å². The summed E-state index contributed by atoms with van der Waals surface area (Å²) in [4.78, 5) is 40.4. The number of amides is 1. The fourth-order valence-corrected chi connectivity index (χ4v) is 4.15. The van der Waals surface area contributed by atoms with Crippen molar-refractivity contribution in [3.8, 4) is 11.5 Å². The van der Waals surface area contributed by atoms with Crippen molar-refractivity contribution in [3.05, 3.63) is 42.4 Å². The minimum Gasteiger partial charge on any atom is -0.481 e. The topological polar surface area (TPSA) is 99.5 Å². The van der Waals surface area contributed by atoms with Crippen molar-refractivity contribution >= 4 is 11.9 Å². The predicted octanol–water partition coefficient (Wildman–Crippen LogP) is 0.903. The summed E-state index contributed by atoms with van der Waals surface area (Å²) in [7, 11) is 0. The van der Waals surface area contributed by atoms with Gasteiger partial charge in [-0.1, -0.05) is 6.07 Å². The van der Waals surface area contributed by atoms with Crippen LogP contribution in [0.3, 0.4) is 0 Å². The van der Waals surface area contributed by atoms with E-state index < -0.39 is 11.4 Å². The first-order valence-corrected chi connectivity index (χ1v) is 8.91. The lowest BCUT2D eigenvalue weighted by atomic mass is 9.81. The Balaban J connectivity index is 1.46. The van der Waals surface area contributed by atoms with E-state index in [-0.39, 0.29) is 18.4 Å². The molecule has 2 aromatic rings. The molecule has 0 bridgehead atoms. The number of carboxylic acids is 1. The van der Waals surface area contributed by atoms with Crippen molar-refractivity contribution in [1.82, 2.24) is 24.8 Å². The lowest BCUT2D eigenvalue weighted by molar-refractivity contribution is -0.149. The molecule has 1 N–H and O–H groups in total. The van der Waals surface area contributed by atoms with Gasteiger partial charge in [0.15, 0.2) is 5.82 Å². The first-order valence-electron chi connectivity index (χ1n) is 8.91. The molecule has 0 spiro atoms. The highest BCUT2D eigenvalue weighted by Crippen LogP contribution is 2.43. The van der Waals surface area contributed by atoms with Crippen LogP contribution in [0.2, 0.25) is 0 Å². The maximum absolute atomic E-state index is 12.0. The van der Waals surface area contributed by atoms with Gasteiger partial charge >= 0.3 is 5.97 Å². The summed E-state index contributed by atoms with van der Waals surface area (Å²) in [6.07, 6.45) is 5.23. The maximum atomic E-state index is 12.0. The number of carbonyl (C=O) groups is 2. The van der Waals surface area contributed by atoms with E-state index in [4.69, 9.17) is 0 Å². The summed E-state index contributed by atoms with van der Waals surface area (Å²) in [6, 6.07) is 5.58. The zero-order chi connectivity index (χ0) is 19.0. The third-order valence-corrected chi connectivity index (χ3v) is 5.56. The van der Waals surface area contributed by atoms with E-state index >= 15 is 0 Å². The number of rotatable bonds is 4. The highest BCUT2D eigenvalue weighted by Gasteiger charge is 2.58. The Hall–Kier alpha value is -2.87. The Morgan fingerprint density at radius 3 is 2.56 bits per heavy atom. The summed E-state index contributed by atoms with van der Waals surface area (Å²) in [5, 5.41) is 9.82. The molecule has 2 fully saturated rings. The van der Waals surface area contributed by atoms with Crippen LogP contribution in [0, 0.1) is 11.3 Å². The molecule has 0 aliphatic carbocycles. The van der Waals surface area contributed by atoms with Crippen LogP contribution in [0.1, 0.15) is 12.5 Å². The van der Waals surface area contributed by atoms with E-state index in [1.807, 2.05) is 18.2 Å². The zero-order valence-electron chi connectivity index (χ0n) is 15.1. The number of hydrogen-bond acceptors (Lipinski definition) is 6. The molecule has 2 aliphatic heterocycles. The highest BCUT2D eigenvalue weighted by molar-refractivity contribution is 5.80. The molecule has 2 aliphatic rings. The molecule has 4 rings (SSSR count). The van der Waals surface area contributed by atoms with Crippen LogP contribution in [-0.2, 0) is 16.1 Å². The SMILES string of the molecule is CC(=O)N1CC2CN(Cc3cnc(-c4ccccn4)nc3)CC2(C(=O)O)C1. The quantitative estimate of drug-likeness (QED) is 0.857. The standard InChI is InChI=1S/C19H21N5O3/c1-13(25)24-10-15-9-23(11-19(15,12-24)18(26)27)8-14-6-21-17(22-7-14)16-4-2-3-5-20-16/h2-7,15H,8-12H2,1H3,(H,26,27). The lowest BCUT2D eigenvalue weighted by Crippen LogP contribution is -2.41. The molecule has 0 saturated carbocycles. The normalized spacial score (nSPS) is 24.8. The fourth-order valence-electron chi connectivity index (χ4n) is 4.15. The summed E-state index contributed by atoms with van der Waals surface area (Å²) in [6.45, 7) is 3.96. The number of hydrogen-bond donors (Lipinski definition) is 1. The van der Waals surface area contributed by atoms with Gasteiger partial charge in [-0.2, -0.15) is 0 Å². The third-order valence-electron chi connectivity index (χ3n) is 5.56. The molecule has 0 aromatic carbocycles. The number of aromatic nitrogens is 3. The van der Waals surface area contributed by atoms with Crippen LogP contribution < -0.4 is 0 Å². The monoisotopic (exact) mass is 367 g/mol. The van der Waals surface area contributed by atoms with Crippen molar-refractivity contribution in [2.24, 2.45) is 11.3 Å². The Bertz CT molecular complexity index is 857. The molecule has 1 amide bonds. The molecule has 8 heteroatoms. The molecule has 2 atom stereocenters. The summed E-state index contributed by atoms with van der Waals surface area (Å²) in [5.41, 5.74) is 0.771. The second-order valence-corrected chi connectivity index (χ2v) is 7.36. The van der Waals surface area contributed by atoms with Crippen LogP contribution in [0.4, 0.5) is 0 Å². The Labute approximate surface area is 156 Å². The molecule has 140 valence electrons. The van der Waals surface area contributed by atoms with Crippen molar-refractivity contribution in [2.75, 3.05) is 26.2 Å². The van der Waals surface area contributed by atoms with Crippen LogP contribution in [0.25, 0.3) is 11.5 Å². The average molecular weight is 367 g/mol. The Morgan fingerprint density at radius 2 is 1.96 bits per heavy atom. The van der Waals surface area contributed by atoms with Gasteiger partial charge in [0.1, 0.15) is 11.1 Å². The van der Waals surface area contributed by atoms with Gasteiger partial charge in [-0.15, -0.1) is 0 Å². The summed E-state index contributed by atoms with van der Waals surface area (Å²) >= 11 is 0. The second-order valence-electron chi connectivity index (χ2n) is 7.36. The van der Waals surface area contributed by atoms with Crippen molar-refractivity contribution in [1.29, 1.82) is 0 Å². The van der Waals surface area contributed by atoms with Crippen molar-refractivity contribution in [3.63, 3.8) is 0 Å². The number of carboxylic acid groups (broad SMARTS) is 1. The summed E-state index contributed by atoms with van der Waals surface area (Å²) in [5.74, 6) is -0.361. The van der Waals surface area contributed by atoms with Gasteiger partial charge in [0, 0.05) is 69.7 Å². The fraction of sp³-hybridized carbons (Fsp3) is 0.421. The first-order chi connectivity index (χ1) is 13.0. The predicted molar refractivity (Wildman–Crippen MR) is 96.4 cm³/mol. The highest BCUT2D eigenvalue weighted by atomic mass is 16.4. The van der Waals surface area contributed by atoms with Crippen LogP contribution >= 0.6 is 0 Å². The molecule has 0 radical (unpaired) electrons. The van der Waals surface area contributed by atoms with Crippen molar-refractivity contribution < 1.29 is 14.7 Å². The number of likely N-dealkylation sites (tertiary alicyclic amines) is 2. The molecule has 4 heterocycles. The molecule has 8 nitrogen and oxygen atoms in total. The van der Waals surface area contributed by atoms with Gasteiger partial charge in [-0.3, -0.25) is 19.5 Å². The second kappa shape index (κ2) is 6.70. The number of carbonyl (C=O) groups excluding carboxylic acids is 1. The third kappa shape index (κ3) is 3.16. The van der Waals surface area contributed by atoms with Crippen LogP contribution in [0.15, 0.2) is 36.8 Å². The molecule has 2 unspecified atom stereocenters. The molecule has 27 heavy (non-hydrogen) atoms. The zero-order valence-corrected chi connectivity index (χ0v) is 15.1. The van der Waals surface area contributed by atoms with E-state index in [1.54, 1.807) is 23.5 Å². The van der Waals surface area contributed by atoms with Crippen molar-refractivity contribution in [2.45, 2.75) is 13.5 Å². The van der Waals surface area contributed by atoms with E-state index in [2.05, 4.69) is 19.9 Å². The Morgan fingerprint density at radius 1 is 1.19 bits per heavy atom. The molecular weight excluding hydrogens is 346 g/mol. The largest absolute Gasteiger partial charge is 0.481 e. The number of pyridine rings is 1. The maximum Gasteiger partial charge on any atom is 0.313 e. The smallest absolute Gasteiger partial charge is 0.313 e. The molecule has 2 aromatic heterocycles. The van der Waals surface area contributed by atoms with E-state index in [0.717, 1.165) is 5.56 Å². The number of nitrogens with zero attached hydrogens (tertiary/aromatic N) is 5. The Kier molecular flexibility index (Phi) is 4.35. The van der Waals surface area contributed by atoms with E-state index in [9.17, 15) is 14.7 Å². The van der Waals surface area contributed by atoms with Gasteiger partial charge in [0.25, 0.3) is 0 Å². The van der Waals surface area contributed by atoms with Gasteiger partial charge in [-0.25, -0.2) is 9.97 Å². The average Bonchev–Trinajstić information content (AvgIpc) is 3.18. The van der Waals surface area contributed by atoms with Crippen LogP contribution in [0.5, 0.6) is 0 Å². The van der Waals surface area contributed by atoms with E-state index in [0.29, 0.717) is 37.7 Å². The van der Waals surface area contributed by atoms with Gasteiger partial charge in [0.05, 0.1) is 0 Å². The first kappa shape index (κ1) is 17.5. The minimum absolute atomic E-state index is 0.0485.